The van der Waals surface area contributed by atoms with E-state index in [1.54, 1.807) is 19.0 Å². The number of hydrogen-bond donors (Lipinski definition) is 0. The Morgan fingerprint density at radius 1 is 1.41 bits per heavy atom. The van der Waals surface area contributed by atoms with Gasteiger partial charge in [-0.3, -0.25) is 0 Å². The lowest BCUT2D eigenvalue weighted by atomic mass is 9.97. The van der Waals surface area contributed by atoms with Gasteiger partial charge in [-0.15, -0.1) is 11.3 Å². The molecule has 2 amide bonds. The Morgan fingerprint density at radius 2 is 2.14 bits per heavy atom. The molecule has 0 atom stereocenters. The van der Waals surface area contributed by atoms with Crippen LogP contribution in [-0.2, 0) is 0 Å². The lowest BCUT2D eigenvalue weighted by molar-refractivity contribution is 0.152. The van der Waals surface area contributed by atoms with E-state index in [-0.39, 0.29) is 11.9 Å². The van der Waals surface area contributed by atoms with Gasteiger partial charge in [-0.25, -0.2) is 4.79 Å². The van der Waals surface area contributed by atoms with Crippen LogP contribution >= 0.6 is 22.9 Å². The molecule has 3 heterocycles. The van der Waals surface area contributed by atoms with Gasteiger partial charge in [-0.1, -0.05) is 16.8 Å². The zero-order valence-electron chi connectivity index (χ0n) is 12.5. The Balaban J connectivity index is 1.65. The van der Waals surface area contributed by atoms with Crippen LogP contribution in [0.2, 0.25) is 4.34 Å². The van der Waals surface area contributed by atoms with E-state index in [0.29, 0.717) is 29.1 Å². The summed E-state index contributed by atoms with van der Waals surface area (Å²) in [4.78, 5) is 20.8. The van der Waals surface area contributed by atoms with Crippen molar-refractivity contribution < 1.29 is 9.32 Å². The Labute approximate surface area is 137 Å². The molecule has 1 fully saturated rings. The van der Waals surface area contributed by atoms with Crippen molar-refractivity contribution in [3.63, 3.8) is 0 Å². The van der Waals surface area contributed by atoms with Gasteiger partial charge in [0, 0.05) is 33.1 Å². The van der Waals surface area contributed by atoms with E-state index in [2.05, 4.69) is 10.1 Å². The normalized spacial score (nSPS) is 16.0. The number of carbonyl (C=O) groups excluding carboxylic acids is 1. The van der Waals surface area contributed by atoms with Crippen LogP contribution in [0.3, 0.4) is 0 Å². The fraction of sp³-hybridized carbons (Fsp3) is 0.500. The lowest BCUT2D eigenvalue weighted by Gasteiger charge is -2.32. The monoisotopic (exact) mass is 340 g/mol. The molecule has 6 nitrogen and oxygen atoms in total. The Bertz CT molecular complexity index is 661. The van der Waals surface area contributed by atoms with E-state index in [1.165, 1.54) is 11.3 Å². The van der Waals surface area contributed by atoms with Gasteiger partial charge in [-0.05, 0) is 25.0 Å². The van der Waals surface area contributed by atoms with Crippen LogP contribution in [-0.4, -0.2) is 53.2 Å². The van der Waals surface area contributed by atoms with E-state index < -0.39 is 0 Å². The van der Waals surface area contributed by atoms with Gasteiger partial charge in [0.2, 0.25) is 11.7 Å². The zero-order chi connectivity index (χ0) is 15.7. The number of likely N-dealkylation sites (tertiary alicyclic amines) is 1. The molecular weight excluding hydrogens is 324 g/mol. The Morgan fingerprint density at radius 3 is 2.73 bits per heavy atom. The first-order valence-electron chi connectivity index (χ1n) is 7.10. The number of halogens is 1. The quantitative estimate of drug-likeness (QED) is 0.841. The molecule has 0 unspecified atom stereocenters. The van der Waals surface area contributed by atoms with Crippen molar-refractivity contribution in [2.45, 2.75) is 18.8 Å². The smallest absolute Gasteiger partial charge is 0.319 e. The maximum atomic E-state index is 11.9. The molecule has 0 bridgehead atoms. The van der Waals surface area contributed by atoms with Crippen molar-refractivity contribution in [1.82, 2.24) is 19.9 Å². The number of carbonyl (C=O) groups is 1. The van der Waals surface area contributed by atoms with Crippen LogP contribution in [0, 0.1) is 0 Å². The molecular formula is C14H17ClN4O2S. The van der Waals surface area contributed by atoms with Crippen LogP contribution in [0.4, 0.5) is 4.79 Å². The summed E-state index contributed by atoms with van der Waals surface area (Å²) in [6.45, 7) is 1.43. The minimum Gasteiger partial charge on any atom is -0.339 e. The molecule has 2 aromatic rings. The average molecular weight is 341 g/mol. The molecule has 8 heteroatoms. The summed E-state index contributed by atoms with van der Waals surface area (Å²) in [7, 11) is 3.54. The fourth-order valence-electron chi connectivity index (χ4n) is 2.54. The molecule has 0 aromatic carbocycles. The first-order valence-corrected chi connectivity index (χ1v) is 8.29. The van der Waals surface area contributed by atoms with Gasteiger partial charge >= 0.3 is 6.03 Å². The summed E-state index contributed by atoms with van der Waals surface area (Å²) in [6.07, 6.45) is 1.68. The van der Waals surface area contributed by atoms with Crippen molar-refractivity contribution in [3.8, 4) is 10.7 Å². The SMILES string of the molecule is CN(C)C(=O)N1CCC(c2nc(-c3ccc(Cl)s3)no2)CC1. The Hall–Kier alpha value is -1.60. The molecule has 1 saturated heterocycles. The first-order chi connectivity index (χ1) is 10.5. The summed E-state index contributed by atoms with van der Waals surface area (Å²) >= 11 is 7.36. The van der Waals surface area contributed by atoms with Crippen LogP contribution < -0.4 is 0 Å². The van der Waals surface area contributed by atoms with Gasteiger partial charge < -0.3 is 14.3 Å². The molecule has 3 rings (SSSR count). The second kappa shape index (κ2) is 6.26. The fourth-order valence-corrected chi connectivity index (χ4v) is 3.50. The molecule has 0 aliphatic carbocycles. The number of thiophene rings is 1. The molecule has 2 aromatic heterocycles. The number of nitrogens with zero attached hydrogens (tertiary/aromatic N) is 4. The van der Waals surface area contributed by atoms with Gasteiger partial charge in [-0.2, -0.15) is 4.98 Å². The molecule has 0 spiro atoms. The van der Waals surface area contributed by atoms with Gasteiger partial charge in [0.15, 0.2) is 0 Å². The van der Waals surface area contributed by atoms with Crippen molar-refractivity contribution in [3.05, 3.63) is 22.4 Å². The molecule has 0 radical (unpaired) electrons. The summed E-state index contributed by atoms with van der Waals surface area (Å²) < 4.78 is 6.10. The van der Waals surface area contributed by atoms with E-state index >= 15 is 0 Å². The van der Waals surface area contributed by atoms with Gasteiger partial charge in [0.05, 0.1) is 9.21 Å². The predicted molar refractivity (Wildman–Crippen MR) is 85.3 cm³/mol. The van der Waals surface area contributed by atoms with Gasteiger partial charge in [0.1, 0.15) is 0 Å². The third kappa shape index (κ3) is 3.10. The number of rotatable bonds is 2. The zero-order valence-corrected chi connectivity index (χ0v) is 14.0. The molecule has 0 N–H and O–H groups in total. The highest BCUT2D eigenvalue weighted by Crippen LogP contribution is 2.32. The number of aromatic nitrogens is 2. The van der Waals surface area contributed by atoms with Crippen molar-refractivity contribution >= 4 is 29.0 Å². The molecule has 1 aliphatic rings. The van der Waals surface area contributed by atoms with Crippen molar-refractivity contribution in [1.29, 1.82) is 0 Å². The number of hydrogen-bond acceptors (Lipinski definition) is 5. The number of urea groups is 1. The van der Waals surface area contributed by atoms with Crippen LogP contribution in [0.15, 0.2) is 16.7 Å². The van der Waals surface area contributed by atoms with Crippen molar-refractivity contribution in [2.24, 2.45) is 0 Å². The lowest BCUT2D eigenvalue weighted by Crippen LogP contribution is -2.43. The van der Waals surface area contributed by atoms with E-state index in [4.69, 9.17) is 16.1 Å². The van der Waals surface area contributed by atoms with E-state index in [9.17, 15) is 4.79 Å². The summed E-state index contributed by atoms with van der Waals surface area (Å²) in [5.74, 6) is 1.44. The molecule has 22 heavy (non-hydrogen) atoms. The van der Waals surface area contributed by atoms with Crippen LogP contribution in [0.25, 0.3) is 10.7 Å². The van der Waals surface area contributed by atoms with Crippen molar-refractivity contribution in [2.75, 3.05) is 27.2 Å². The first kappa shape index (κ1) is 15.3. The maximum absolute atomic E-state index is 11.9. The highest BCUT2D eigenvalue weighted by atomic mass is 35.5. The molecule has 1 aliphatic heterocycles. The summed E-state index contributed by atoms with van der Waals surface area (Å²) in [5.41, 5.74) is 0. The second-order valence-corrected chi connectivity index (χ2v) is 7.21. The third-order valence-electron chi connectivity index (χ3n) is 3.73. The maximum Gasteiger partial charge on any atom is 0.319 e. The van der Waals surface area contributed by atoms with Crippen LogP contribution in [0.5, 0.6) is 0 Å². The van der Waals surface area contributed by atoms with Gasteiger partial charge in [0.25, 0.3) is 0 Å². The van der Waals surface area contributed by atoms with Crippen LogP contribution in [0.1, 0.15) is 24.7 Å². The molecule has 0 saturated carbocycles. The van der Waals surface area contributed by atoms with E-state index in [0.717, 1.165) is 17.7 Å². The summed E-state index contributed by atoms with van der Waals surface area (Å²) in [6, 6.07) is 3.76. The minimum absolute atomic E-state index is 0.0536. The average Bonchev–Trinajstić information content (AvgIpc) is 3.15. The number of piperidine rings is 1. The molecule has 118 valence electrons. The topological polar surface area (TPSA) is 62.5 Å². The predicted octanol–water partition coefficient (Wildman–Crippen LogP) is 3.31. The van der Waals surface area contributed by atoms with E-state index in [1.807, 2.05) is 17.0 Å². The Kier molecular flexibility index (Phi) is 4.35. The number of amides is 2. The third-order valence-corrected chi connectivity index (χ3v) is 4.96. The summed E-state index contributed by atoms with van der Waals surface area (Å²) in [5, 5.41) is 4.03. The standard InChI is InChI=1S/C14H17ClN4O2S/c1-18(2)14(20)19-7-5-9(6-8-19)13-16-12(17-21-13)10-3-4-11(15)22-10/h3-4,9H,5-8H2,1-2H3. The minimum atomic E-state index is 0.0536. The highest BCUT2D eigenvalue weighted by molar-refractivity contribution is 7.19. The highest BCUT2D eigenvalue weighted by Gasteiger charge is 2.28. The second-order valence-electron chi connectivity index (χ2n) is 5.50. The largest absolute Gasteiger partial charge is 0.339 e.